The minimum Gasteiger partial charge on any atom is -0.165 e. The molecule has 0 N–H and O–H groups in total. The van der Waals surface area contributed by atoms with E-state index < -0.39 is 0 Å². The molecule has 0 aromatic rings. The Bertz CT molecular complexity index is 123. The van der Waals surface area contributed by atoms with Crippen LogP contribution in [0.5, 0.6) is 0 Å². The standard InChI is InChI=1S/C6H14S6/c1-3-5(8)12-6(9,10)11-4(2)7/h4-5,7-10H,3H2,1-2H3. The Morgan fingerprint density at radius 2 is 1.75 bits per heavy atom. The number of hydrogen-bond donors (Lipinski definition) is 4. The average Bonchev–Trinajstić information content (AvgIpc) is 1.83. The van der Waals surface area contributed by atoms with Crippen molar-refractivity contribution in [2.75, 3.05) is 0 Å². The van der Waals surface area contributed by atoms with Gasteiger partial charge in [0.15, 0.2) is 0 Å². The molecule has 0 nitrogen and oxygen atoms in total. The fourth-order valence-corrected chi connectivity index (χ4v) is 6.57. The zero-order valence-corrected chi connectivity index (χ0v) is 12.2. The third-order valence-corrected chi connectivity index (χ3v) is 5.36. The molecule has 0 aliphatic heterocycles. The quantitative estimate of drug-likeness (QED) is 0.445. The van der Waals surface area contributed by atoms with E-state index in [9.17, 15) is 0 Å². The molecule has 2 atom stereocenters. The van der Waals surface area contributed by atoms with Crippen molar-refractivity contribution >= 4 is 74.0 Å². The molecule has 0 amide bonds. The third-order valence-electron chi connectivity index (χ3n) is 0.963. The molecule has 0 saturated carbocycles. The maximum absolute atomic E-state index is 4.41. The fraction of sp³-hybridized carbons (Fsp3) is 1.00. The van der Waals surface area contributed by atoms with Crippen LogP contribution < -0.4 is 0 Å². The van der Waals surface area contributed by atoms with Crippen molar-refractivity contribution in [1.29, 1.82) is 0 Å². The van der Waals surface area contributed by atoms with Gasteiger partial charge >= 0.3 is 0 Å². The maximum atomic E-state index is 4.41. The molecule has 2 unspecified atom stereocenters. The summed E-state index contributed by atoms with van der Waals surface area (Å²) in [5, 5.41) is 0. The Morgan fingerprint density at radius 3 is 2.08 bits per heavy atom. The number of thiol groups is 4. The molecular weight excluding hydrogens is 264 g/mol. The van der Waals surface area contributed by atoms with Crippen molar-refractivity contribution in [1.82, 2.24) is 0 Å². The highest BCUT2D eigenvalue weighted by atomic mass is 32.3. The summed E-state index contributed by atoms with van der Waals surface area (Å²) in [6.07, 6.45) is 1.01. The van der Waals surface area contributed by atoms with Gasteiger partial charge in [-0.25, -0.2) is 0 Å². The summed E-state index contributed by atoms with van der Waals surface area (Å²) in [6.45, 7) is 4.10. The smallest absolute Gasteiger partial charge is 0.150 e. The highest BCUT2D eigenvalue weighted by Gasteiger charge is 2.25. The predicted molar refractivity (Wildman–Crippen MR) is 77.4 cm³/mol. The van der Waals surface area contributed by atoms with E-state index >= 15 is 0 Å². The summed E-state index contributed by atoms with van der Waals surface area (Å²) >= 11 is 20.7. The van der Waals surface area contributed by atoms with Gasteiger partial charge in [0.25, 0.3) is 0 Å². The lowest BCUT2D eigenvalue weighted by Gasteiger charge is -2.25. The number of thioether (sulfide) groups is 2. The minimum atomic E-state index is -0.385. The van der Waals surface area contributed by atoms with Gasteiger partial charge < -0.3 is 0 Å². The van der Waals surface area contributed by atoms with Crippen LogP contribution in [0.4, 0.5) is 0 Å². The summed E-state index contributed by atoms with van der Waals surface area (Å²) in [4.78, 5) is 0. The Hall–Kier alpha value is 2.10. The molecule has 0 aromatic carbocycles. The van der Waals surface area contributed by atoms with Gasteiger partial charge in [-0.05, 0) is 13.3 Å². The van der Waals surface area contributed by atoms with Gasteiger partial charge in [-0.15, -0.1) is 48.8 Å². The Kier molecular flexibility index (Phi) is 7.71. The Balaban J connectivity index is 3.85. The van der Waals surface area contributed by atoms with E-state index in [1.165, 1.54) is 0 Å². The van der Waals surface area contributed by atoms with Crippen LogP contribution in [0.15, 0.2) is 0 Å². The first-order valence-electron chi connectivity index (χ1n) is 3.54. The van der Waals surface area contributed by atoms with Crippen molar-refractivity contribution in [2.24, 2.45) is 0 Å². The monoisotopic (exact) mass is 278 g/mol. The molecule has 6 heteroatoms. The van der Waals surface area contributed by atoms with Crippen LogP contribution in [0.2, 0.25) is 0 Å². The van der Waals surface area contributed by atoms with Gasteiger partial charge in [-0.3, -0.25) is 0 Å². The van der Waals surface area contributed by atoms with Crippen molar-refractivity contribution in [3.63, 3.8) is 0 Å². The summed E-state index contributed by atoms with van der Waals surface area (Å²) in [7, 11) is 0. The Morgan fingerprint density at radius 1 is 1.25 bits per heavy atom. The van der Waals surface area contributed by atoms with Crippen molar-refractivity contribution in [3.05, 3.63) is 0 Å². The van der Waals surface area contributed by atoms with E-state index in [0.29, 0.717) is 4.58 Å². The first-order valence-corrected chi connectivity index (χ1v) is 7.22. The highest BCUT2D eigenvalue weighted by molar-refractivity contribution is 8.43. The van der Waals surface area contributed by atoms with Crippen LogP contribution in [0.3, 0.4) is 0 Å². The zero-order valence-electron chi connectivity index (χ0n) is 6.97. The molecule has 0 fully saturated rings. The van der Waals surface area contributed by atoms with E-state index in [0.717, 1.165) is 6.42 Å². The molecule has 0 rings (SSSR count). The summed E-state index contributed by atoms with van der Waals surface area (Å²) < 4.78 is 0.147. The molecule has 0 aliphatic carbocycles. The molecule has 0 radical (unpaired) electrons. The molecule has 0 aliphatic rings. The average molecular weight is 279 g/mol. The molecule has 0 bridgehead atoms. The third kappa shape index (κ3) is 7.50. The second-order valence-corrected chi connectivity index (χ2v) is 10.5. The number of rotatable bonds is 5. The summed E-state index contributed by atoms with van der Waals surface area (Å²) in [5.41, 5.74) is 0. The SMILES string of the molecule is CCC(S)SC(S)(S)SC(C)S. The van der Waals surface area contributed by atoms with Gasteiger partial charge in [0.1, 0.15) is 2.74 Å². The van der Waals surface area contributed by atoms with Crippen LogP contribution in [-0.2, 0) is 0 Å². The molecule has 0 heterocycles. The van der Waals surface area contributed by atoms with Crippen LogP contribution in [0, 0.1) is 0 Å². The minimum absolute atomic E-state index is 0.241. The van der Waals surface area contributed by atoms with Crippen molar-refractivity contribution in [3.8, 4) is 0 Å². The molecule has 0 aromatic heterocycles. The first-order chi connectivity index (χ1) is 5.37. The van der Waals surface area contributed by atoms with Gasteiger partial charge in [-0.1, -0.05) is 6.92 Å². The van der Waals surface area contributed by atoms with E-state index in [1.807, 2.05) is 6.92 Å². The van der Waals surface area contributed by atoms with Crippen LogP contribution >= 0.6 is 74.0 Å². The molecule has 0 spiro atoms. The zero-order chi connectivity index (χ0) is 9.78. The van der Waals surface area contributed by atoms with Gasteiger partial charge in [0.05, 0.1) is 0 Å². The van der Waals surface area contributed by atoms with Crippen LogP contribution in [-0.4, -0.2) is 11.9 Å². The molecule has 74 valence electrons. The normalized spacial score (nSPS) is 17.5. The lowest BCUT2D eigenvalue weighted by Crippen LogP contribution is -2.08. The van der Waals surface area contributed by atoms with E-state index in [4.69, 9.17) is 0 Å². The second kappa shape index (κ2) is 6.56. The topological polar surface area (TPSA) is 0 Å². The summed E-state index contributed by atoms with van der Waals surface area (Å²) in [5.74, 6) is 0. The lowest BCUT2D eigenvalue weighted by atomic mass is 10.6. The predicted octanol–water partition coefficient (Wildman–Crippen LogP) is 3.87. The van der Waals surface area contributed by atoms with Crippen molar-refractivity contribution in [2.45, 2.75) is 32.2 Å². The highest BCUT2D eigenvalue weighted by Crippen LogP contribution is 2.50. The molecular formula is C6H14S6. The van der Waals surface area contributed by atoms with Gasteiger partial charge in [0.2, 0.25) is 0 Å². The van der Waals surface area contributed by atoms with E-state index in [2.05, 4.69) is 57.4 Å². The van der Waals surface area contributed by atoms with E-state index in [-0.39, 0.29) is 7.33 Å². The number of hydrogen-bond acceptors (Lipinski definition) is 6. The maximum Gasteiger partial charge on any atom is 0.150 e. The first kappa shape index (κ1) is 14.1. The van der Waals surface area contributed by atoms with Crippen LogP contribution in [0.1, 0.15) is 20.3 Å². The Labute approximate surface area is 105 Å². The van der Waals surface area contributed by atoms with E-state index in [1.54, 1.807) is 23.5 Å². The fourth-order valence-electron chi connectivity index (χ4n) is 0.511. The summed E-state index contributed by atoms with van der Waals surface area (Å²) in [6, 6.07) is 0. The van der Waals surface area contributed by atoms with Gasteiger partial charge in [0, 0.05) is 9.16 Å². The second-order valence-electron chi connectivity index (χ2n) is 2.25. The molecule has 12 heavy (non-hydrogen) atoms. The molecule has 0 saturated heterocycles. The van der Waals surface area contributed by atoms with Crippen LogP contribution in [0.25, 0.3) is 0 Å². The van der Waals surface area contributed by atoms with Crippen molar-refractivity contribution < 1.29 is 0 Å². The lowest BCUT2D eigenvalue weighted by molar-refractivity contribution is 1.06. The van der Waals surface area contributed by atoms with Gasteiger partial charge in [-0.2, -0.15) is 25.3 Å². The largest absolute Gasteiger partial charge is 0.165 e.